The lowest BCUT2D eigenvalue weighted by Gasteiger charge is -2.36. The maximum absolute atomic E-state index is 13.1. The second kappa shape index (κ2) is 7.30. The van der Waals surface area contributed by atoms with Gasteiger partial charge in [-0.15, -0.1) is 0 Å². The van der Waals surface area contributed by atoms with E-state index in [-0.39, 0.29) is 11.5 Å². The molecule has 2 aromatic heterocycles. The average Bonchev–Trinajstić information content (AvgIpc) is 2.76. The first-order valence-corrected chi connectivity index (χ1v) is 9.08. The van der Waals surface area contributed by atoms with Gasteiger partial charge in [-0.1, -0.05) is 18.2 Å². The molecule has 1 saturated heterocycles. The number of amides is 1. The molecular formula is C20H21N5O3. The van der Waals surface area contributed by atoms with Crippen LogP contribution in [0.25, 0.3) is 10.8 Å². The van der Waals surface area contributed by atoms with Crippen molar-refractivity contribution in [3.05, 3.63) is 58.8 Å². The molecule has 1 aliphatic heterocycles. The standard InChI is InChI=1S/C20H21N5O3/c1-23-19(26)15-6-4-3-5-14(15)18(22-23)20(27)25-11-9-24(10-12-25)16-7-8-21-13-17(16)28-2/h3-8,13H,9-12H2,1-2H3. The van der Waals surface area contributed by atoms with Gasteiger partial charge >= 0.3 is 0 Å². The number of nitrogens with zero attached hydrogens (tertiary/aromatic N) is 5. The molecule has 28 heavy (non-hydrogen) atoms. The van der Waals surface area contributed by atoms with Crippen LogP contribution < -0.4 is 15.2 Å². The lowest BCUT2D eigenvalue weighted by molar-refractivity contribution is 0.0740. The third kappa shape index (κ3) is 3.06. The van der Waals surface area contributed by atoms with Crippen LogP contribution in [0.15, 0.2) is 47.5 Å². The molecule has 1 fully saturated rings. The molecule has 0 radical (unpaired) electrons. The molecule has 8 heteroatoms. The highest BCUT2D eigenvalue weighted by atomic mass is 16.5. The van der Waals surface area contributed by atoms with Crippen LogP contribution in [0.4, 0.5) is 5.69 Å². The summed E-state index contributed by atoms with van der Waals surface area (Å²) in [5.74, 6) is 0.557. The minimum absolute atomic E-state index is 0.159. The van der Waals surface area contributed by atoms with E-state index in [1.165, 1.54) is 4.68 Å². The monoisotopic (exact) mass is 379 g/mol. The SMILES string of the molecule is COc1cnccc1N1CCN(C(=O)c2nn(C)c(=O)c3ccccc23)CC1. The third-order valence-electron chi connectivity index (χ3n) is 5.05. The summed E-state index contributed by atoms with van der Waals surface area (Å²) in [5.41, 5.74) is 1.07. The van der Waals surface area contributed by atoms with Gasteiger partial charge in [0.25, 0.3) is 11.5 Å². The smallest absolute Gasteiger partial charge is 0.275 e. The number of methoxy groups -OCH3 is 1. The Morgan fingerprint density at radius 1 is 1.07 bits per heavy atom. The summed E-state index contributed by atoms with van der Waals surface area (Å²) < 4.78 is 6.62. The van der Waals surface area contributed by atoms with E-state index in [2.05, 4.69) is 15.0 Å². The quantitative estimate of drug-likeness (QED) is 0.682. The summed E-state index contributed by atoms with van der Waals surface area (Å²) in [6, 6.07) is 9.02. The molecule has 0 unspecified atom stereocenters. The summed E-state index contributed by atoms with van der Waals surface area (Å²) in [6.45, 7) is 2.47. The molecule has 8 nitrogen and oxygen atoms in total. The van der Waals surface area contributed by atoms with Crippen molar-refractivity contribution in [2.24, 2.45) is 7.05 Å². The number of rotatable bonds is 3. The van der Waals surface area contributed by atoms with E-state index in [1.807, 2.05) is 12.1 Å². The number of piperazine rings is 1. The van der Waals surface area contributed by atoms with E-state index < -0.39 is 0 Å². The Kier molecular flexibility index (Phi) is 4.68. The van der Waals surface area contributed by atoms with Gasteiger partial charge in [-0.3, -0.25) is 14.6 Å². The highest BCUT2D eigenvalue weighted by Gasteiger charge is 2.26. The van der Waals surface area contributed by atoms with Gasteiger partial charge in [0.1, 0.15) is 0 Å². The van der Waals surface area contributed by atoms with E-state index in [4.69, 9.17) is 4.74 Å². The van der Waals surface area contributed by atoms with Crippen molar-refractivity contribution in [3.8, 4) is 5.75 Å². The molecule has 0 N–H and O–H groups in total. The summed E-state index contributed by atoms with van der Waals surface area (Å²) in [7, 11) is 3.19. The van der Waals surface area contributed by atoms with E-state index in [1.54, 1.807) is 49.7 Å². The van der Waals surface area contributed by atoms with E-state index >= 15 is 0 Å². The second-order valence-corrected chi connectivity index (χ2v) is 6.65. The zero-order valence-electron chi connectivity index (χ0n) is 15.8. The van der Waals surface area contributed by atoms with Crippen LogP contribution in [-0.4, -0.2) is 58.9 Å². The zero-order valence-corrected chi connectivity index (χ0v) is 15.8. The van der Waals surface area contributed by atoms with Gasteiger partial charge in [-0.25, -0.2) is 4.68 Å². The van der Waals surface area contributed by atoms with Crippen LogP contribution in [0, 0.1) is 0 Å². The first-order chi connectivity index (χ1) is 13.6. The number of hydrogen-bond donors (Lipinski definition) is 0. The largest absolute Gasteiger partial charge is 0.493 e. The molecule has 3 heterocycles. The highest BCUT2D eigenvalue weighted by molar-refractivity contribution is 6.04. The molecule has 0 aliphatic carbocycles. The molecule has 0 spiro atoms. The average molecular weight is 379 g/mol. The normalized spacial score (nSPS) is 14.4. The molecular weight excluding hydrogens is 358 g/mol. The first kappa shape index (κ1) is 18.0. The number of fused-ring (bicyclic) bond motifs is 1. The van der Waals surface area contributed by atoms with Gasteiger partial charge in [0.2, 0.25) is 0 Å². The van der Waals surface area contributed by atoms with Gasteiger partial charge in [-0.05, 0) is 12.1 Å². The Morgan fingerprint density at radius 2 is 1.79 bits per heavy atom. The van der Waals surface area contributed by atoms with Gasteiger partial charge < -0.3 is 14.5 Å². The molecule has 1 aliphatic rings. The van der Waals surface area contributed by atoms with Crippen LogP contribution in [0.2, 0.25) is 0 Å². The molecule has 1 aromatic carbocycles. The first-order valence-electron chi connectivity index (χ1n) is 9.08. The van der Waals surface area contributed by atoms with Crippen LogP contribution in [0.3, 0.4) is 0 Å². The molecule has 144 valence electrons. The van der Waals surface area contributed by atoms with Gasteiger partial charge in [0, 0.05) is 44.8 Å². The summed E-state index contributed by atoms with van der Waals surface area (Å²) in [4.78, 5) is 33.5. The van der Waals surface area contributed by atoms with Crippen molar-refractivity contribution in [1.82, 2.24) is 19.7 Å². The molecule has 0 saturated carbocycles. The molecule has 1 amide bonds. The number of ether oxygens (including phenoxy) is 1. The predicted octanol–water partition coefficient (Wildman–Crippen LogP) is 1.30. The van der Waals surface area contributed by atoms with E-state index in [9.17, 15) is 9.59 Å². The minimum Gasteiger partial charge on any atom is -0.493 e. The molecule has 0 atom stereocenters. The van der Waals surface area contributed by atoms with E-state index in [0.717, 1.165) is 5.69 Å². The maximum Gasteiger partial charge on any atom is 0.275 e. The van der Waals surface area contributed by atoms with Crippen molar-refractivity contribution in [3.63, 3.8) is 0 Å². The number of carbonyl (C=O) groups is 1. The zero-order chi connectivity index (χ0) is 19.7. The summed E-state index contributed by atoms with van der Waals surface area (Å²) in [5, 5.41) is 5.35. The molecule has 3 aromatic rings. The van der Waals surface area contributed by atoms with Crippen LogP contribution in [-0.2, 0) is 7.05 Å². The fourth-order valence-corrected chi connectivity index (χ4v) is 3.55. The third-order valence-corrected chi connectivity index (χ3v) is 5.05. The number of carbonyl (C=O) groups excluding carboxylic acids is 1. The predicted molar refractivity (Wildman–Crippen MR) is 106 cm³/mol. The number of aryl methyl sites for hydroxylation is 1. The fraction of sp³-hybridized carbons (Fsp3) is 0.300. The topological polar surface area (TPSA) is 80.6 Å². The van der Waals surface area contributed by atoms with Crippen molar-refractivity contribution in [2.75, 3.05) is 38.2 Å². The molecule has 0 bridgehead atoms. The van der Waals surface area contributed by atoms with Crippen molar-refractivity contribution < 1.29 is 9.53 Å². The van der Waals surface area contributed by atoms with Crippen LogP contribution >= 0.6 is 0 Å². The Bertz CT molecular complexity index is 1090. The van der Waals surface area contributed by atoms with Crippen LogP contribution in [0.5, 0.6) is 5.75 Å². The Balaban J connectivity index is 1.58. The van der Waals surface area contributed by atoms with Crippen molar-refractivity contribution in [2.45, 2.75) is 0 Å². The Labute approximate surface area is 162 Å². The number of hydrogen-bond acceptors (Lipinski definition) is 6. The number of pyridine rings is 1. The summed E-state index contributed by atoms with van der Waals surface area (Å²) >= 11 is 0. The van der Waals surface area contributed by atoms with Gasteiger partial charge in [-0.2, -0.15) is 5.10 Å². The van der Waals surface area contributed by atoms with Crippen LogP contribution in [0.1, 0.15) is 10.5 Å². The maximum atomic E-state index is 13.1. The Hall–Kier alpha value is -3.42. The summed E-state index contributed by atoms with van der Waals surface area (Å²) in [6.07, 6.45) is 3.42. The fourth-order valence-electron chi connectivity index (χ4n) is 3.55. The number of benzene rings is 1. The second-order valence-electron chi connectivity index (χ2n) is 6.65. The van der Waals surface area contributed by atoms with Crippen molar-refractivity contribution >= 4 is 22.4 Å². The highest BCUT2D eigenvalue weighted by Crippen LogP contribution is 2.27. The Morgan fingerprint density at radius 3 is 2.50 bits per heavy atom. The number of anilines is 1. The van der Waals surface area contributed by atoms with E-state index in [0.29, 0.717) is 48.4 Å². The minimum atomic E-state index is -0.207. The van der Waals surface area contributed by atoms with Gasteiger partial charge in [0.15, 0.2) is 11.4 Å². The number of aromatic nitrogens is 3. The lowest BCUT2D eigenvalue weighted by atomic mass is 10.1. The van der Waals surface area contributed by atoms with Crippen molar-refractivity contribution in [1.29, 1.82) is 0 Å². The molecule has 4 rings (SSSR count). The van der Waals surface area contributed by atoms with Gasteiger partial charge in [0.05, 0.1) is 24.4 Å². The lowest BCUT2D eigenvalue weighted by Crippen LogP contribution is -2.49.